The van der Waals surface area contributed by atoms with E-state index < -0.39 is 6.09 Å². The van der Waals surface area contributed by atoms with E-state index in [-0.39, 0.29) is 12.4 Å². The van der Waals surface area contributed by atoms with E-state index in [1.807, 2.05) is 37.3 Å². The fourth-order valence-corrected chi connectivity index (χ4v) is 2.52. The Morgan fingerprint density at radius 2 is 1.96 bits per heavy atom. The van der Waals surface area contributed by atoms with Gasteiger partial charge in [-0.15, -0.1) is 0 Å². The molecule has 24 heavy (non-hydrogen) atoms. The van der Waals surface area contributed by atoms with Gasteiger partial charge in [0.25, 0.3) is 0 Å². The van der Waals surface area contributed by atoms with Gasteiger partial charge in [-0.3, -0.25) is 0 Å². The van der Waals surface area contributed by atoms with Crippen LogP contribution in [0.2, 0.25) is 0 Å². The van der Waals surface area contributed by atoms with Crippen molar-refractivity contribution < 1.29 is 19.1 Å². The van der Waals surface area contributed by atoms with Crippen LogP contribution in [0.4, 0.5) is 4.79 Å². The number of benzene rings is 2. The number of fused-ring (bicyclic) bond motifs is 1. The molecule has 0 aliphatic heterocycles. The summed E-state index contributed by atoms with van der Waals surface area (Å²) in [7, 11) is 1.66. The van der Waals surface area contributed by atoms with Gasteiger partial charge in [-0.05, 0) is 30.7 Å². The predicted molar refractivity (Wildman–Crippen MR) is 90.7 cm³/mol. The molecule has 0 saturated carbocycles. The number of carbonyl (C=O) groups excluding carboxylic acids is 1. The maximum Gasteiger partial charge on any atom is 0.410 e. The Labute approximate surface area is 140 Å². The summed E-state index contributed by atoms with van der Waals surface area (Å²) in [5, 5.41) is 10.4. The molecule has 2 aromatic carbocycles. The normalized spacial score (nSPS) is 10.8. The van der Waals surface area contributed by atoms with Gasteiger partial charge in [-0.1, -0.05) is 30.3 Å². The molecule has 0 aliphatic rings. The Balaban J connectivity index is 1.67. The average Bonchev–Trinajstić information content (AvgIpc) is 2.89. The van der Waals surface area contributed by atoms with Crippen molar-refractivity contribution in [3.8, 4) is 5.75 Å². The van der Waals surface area contributed by atoms with Crippen molar-refractivity contribution in [3.63, 3.8) is 0 Å². The molecule has 0 radical (unpaired) electrons. The Morgan fingerprint density at radius 1 is 1.21 bits per heavy atom. The first-order valence-corrected chi connectivity index (χ1v) is 7.67. The minimum Gasteiger partial charge on any atom is -0.508 e. The maximum atomic E-state index is 12.1. The van der Waals surface area contributed by atoms with E-state index in [4.69, 9.17) is 9.15 Å². The second-order valence-electron chi connectivity index (χ2n) is 5.73. The van der Waals surface area contributed by atoms with Crippen molar-refractivity contribution in [3.05, 3.63) is 65.4 Å². The molecule has 0 spiro atoms. The molecule has 5 heteroatoms. The van der Waals surface area contributed by atoms with E-state index in [0.717, 1.165) is 16.5 Å². The van der Waals surface area contributed by atoms with Gasteiger partial charge >= 0.3 is 6.09 Å². The van der Waals surface area contributed by atoms with Crippen LogP contribution in [-0.2, 0) is 17.9 Å². The minimum atomic E-state index is -0.415. The Hall–Kier alpha value is -2.95. The van der Waals surface area contributed by atoms with Gasteiger partial charge in [-0.25, -0.2) is 4.79 Å². The fraction of sp³-hybridized carbons (Fsp3) is 0.211. The molecule has 1 heterocycles. The first-order valence-electron chi connectivity index (χ1n) is 7.67. The monoisotopic (exact) mass is 325 g/mol. The molecule has 1 N–H and O–H groups in total. The highest BCUT2D eigenvalue weighted by Gasteiger charge is 2.17. The van der Waals surface area contributed by atoms with Crippen LogP contribution in [0.25, 0.3) is 11.0 Å². The summed E-state index contributed by atoms with van der Waals surface area (Å²) < 4.78 is 11.1. The summed E-state index contributed by atoms with van der Waals surface area (Å²) in [5.41, 5.74) is 2.53. The third kappa shape index (κ3) is 3.35. The smallest absolute Gasteiger partial charge is 0.410 e. The standard InChI is InChI=1S/C19H19NO4/c1-13-16-10-15(21)8-9-17(16)24-18(13)11-20(2)19(22)23-12-14-6-4-3-5-7-14/h3-10,21H,11-12H2,1-2H3. The minimum absolute atomic E-state index is 0.188. The summed E-state index contributed by atoms with van der Waals surface area (Å²) in [5.74, 6) is 0.864. The highest BCUT2D eigenvalue weighted by atomic mass is 16.6. The molecule has 0 saturated heterocycles. The highest BCUT2D eigenvalue weighted by molar-refractivity contribution is 5.83. The molecule has 1 aromatic heterocycles. The molecule has 3 rings (SSSR count). The van der Waals surface area contributed by atoms with Crippen LogP contribution >= 0.6 is 0 Å². The number of amides is 1. The van der Waals surface area contributed by atoms with Crippen LogP contribution in [0.1, 0.15) is 16.9 Å². The van der Waals surface area contributed by atoms with Crippen LogP contribution in [0.5, 0.6) is 5.75 Å². The number of hydrogen-bond acceptors (Lipinski definition) is 4. The number of nitrogens with zero attached hydrogens (tertiary/aromatic N) is 1. The second-order valence-corrected chi connectivity index (χ2v) is 5.73. The molecule has 0 atom stereocenters. The van der Waals surface area contributed by atoms with Crippen molar-refractivity contribution >= 4 is 17.1 Å². The van der Waals surface area contributed by atoms with Crippen molar-refractivity contribution in [1.82, 2.24) is 4.90 Å². The third-order valence-corrected chi connectivity index (χ3v) is 3.92. The second kappa shape index (κ2) is 6.66. The SMILES string of the molecule is Cc1c(CN(C)C(=O)OCc2ccccc2)oc2ccc(O)cc12. The topological polar surface area (TPSA) is 62.9 Å². The first-order chi connectivity index (χ1) is 11.5. The van der Waals surface area contributed by atoms with Gasteiger partial charge in [0.15, 0.2) is 0 Å². The van der Waals surface area contributed by atoms with Gasteiger partial charge in [0.05, 0.1) is 6.54 Å². The van der Waals surface area contributed by atoms with Crippen molar-refractivity contribution in [2.75, 3.05) is 7.05 Å². The number of phenolic OH excluding ortho intramolecular Hbond substituents is 1. The number of carbonyl (C=O) groups is 1. The number of aromatic hydroxyl groups is 1. The molecule has 0 fully saturated rings. The van der Waals surface area contributed by atoms with Gasteiger partial charge in [0, 0.05) is 18.0 Å². The molecular formula is C19H19NO4. The molecule has 5 nitrogen and oxygen atoms in total. The number of aryl methyl sites for hydroxylation is 1. The highest BCUT2D eigenvalue weighted by Crippen LogP contribution is 2.29. The Morgan fingerprint density at radius 3 is 2.71 bits per heavy atom. The molecule has 0 unspecified atom stereocenters. The van der Waals surface area contributed by atoms with Crippen molar-refractivity contribution in [1.29, 1.82) is 0 Å². The Kier molecular flexibility index (Phi) is 4.42. The first kappa shape index (κ1) is 15.9. The summed E-state index contributed by atoms with van der Waals surface area (Å²) in [6, 6.07) is 14.5. The molecular weight excluding hydrogens is 306 g/mol. The zero-order valence-corrected chi connectivity index (χ0v) is 13.7. The maximum absolute atomic E-state index is 12.1. The van der Waals surface area contributed by atoms with E-state index >= 15 is 0 Å². The van der Waals surface area contributed by atoms with E-state index in [1.165, 1.54) is 4.90 Å². The van der Waals surface area contributed by atoms with Crippen molar-refractivity contribution in [2.24, 2.45) is 0 Å². The fourth-order valence-electron chi connectivity index (χ4n) is 2.52. The zero-order chi connectivity index (χ0) is 17.1. The summed E-state index contributed by atoms with van der Waals surface area (Å²) >= 11 is 0. The van der Waals surface area contributed by atoms with Gasteiger partial charge in [-0.2, -0.15) is 0 Å². The average molecular weight is 325 g/mol. The van der Waals surface area contributed by atoms with Crippen LogP contribution in [0.15, 0.2) is 52.9 Å². The van der Waals surface area contributed by atoms with Gasteiger partial charge in [0.1, 0.15) is 23.7 Å². The molecule has 0 aliphatic carbocycles. The quantitative estimate of drug-likeness (QED) is 0.780. The number of furan rings is 1. The predicted octanol–water partition coefficient (Wildman–Crippen LogP) is 4.22. The van der Waals surface area contributed by atoms with E-state index in [1.54, 1.807) is 25.2 Å². The van der Waals surface area contributed by atoms with Crippen LogP contribution in [0, 0.1) is 6.92 Å². The Bertz CT molecular complexity index is 854. The van der Waals surface area contributed by atoms with Gasteiger partial charge in [0.2, 0.25) is 0 Å². The van der Waals surface area contributed by atoms with E-state index in [9.17, 15) is 9.90 Å². The molecule has 1 amide bonds. The lowest BCUT2D eigenvalue weighted by molar-refractivity contribution is 0.100. The van der Waals surface area contributed by atoms with Gasteiger partial charge < -0.3 is 19.2 Å². The zero-order valence-electron chi connectivity index (χ0n) is 13.7. The number of phenols is 1. The number of ether oxygens (including phenoxy) is 1. The summed E-state index contributed by atoms with van der Waals surface area (Å²) in [6.45, 7) is 2.44. The van der Waals surface area contributed by atoms with Crippen LogP contribution in [0.3, 0.4) is 0 Å². The molecule has 0 bridgehead atoms. The van der Waals surface area contributed by atoms with E-state index in [2.05, 4.69) is 0 Å². The number of rotatable bonds is 4. The van der Waals surface area contributed by atoms with Crippen LogP contribution < -0.4 is 0 Å². The van der Waals surface area contributed by atoms with E-state index in [0.29, 0.717) is 17.9 Å². The lowest BCUT2D eigenvalue weighted by atomic mass is 10.1. The molecule has 124 valence electrons. The summed E-state index contributed by atoms with van der Waals surface area (Å²) in [6.07, 6.45) is -0.415. The lowest BCUT2D eigenvalue weighted by Gasteiger charge is -2.16. The summed E-state index contributed by atoms with van der Waals surface area (Å²) in [4.78, 5) is 13.6. The molecule has 3 aromatic rings. The third-order valence-electron chi connectivity index (χ3n) is 3.92. The van der Waals surface area contributed by atoms with Crippen LogP contribution in [-0.4, -0.2) is 23.1 Å². The largest absolute Gasteiger partial charge is 0.508 e. The lowest BCUT2D eigenvalue weighted by Crippen LogP contribution is -2.26. The van der Waals surface area contributed by atoms with Crippen molar-refractivity contribution in [2.45, 2.75) is 20.1 Å². The number of hydrogen-bond donors (Lipinski definition) is 1.